The van der Waals surface area contributed by atoms with Crippen LogP contribution in [-0.2, 0) is 27.9 Å². The Morgan fingerprint density at radius 2 is 1.88 bits per heavy atom. The Labute approximate surface area is 296 Å². The lowest BCUT2D eigenvalue weighted by Crippen LogP contribution is -2.47. The van der Waals surface area contributed by atoms with Crippen molar-refractivity contribution in [2.24, 2.45) is 0 Å². The maximum Gasteiger partial charge on any atom is 0.416 e. The van der Waals surface area contributed by atoms with Gasteiger partial charge in [0.25, 0.3) is 17.4 Å². The Bertz CT molecular complexity index is 2230. The first-order valence-corrected chi connectivity index (χ1v) is 16.6. The molecule has 1 saturated heterocycles. The molecule has 0 radical (unpaired) electrons. The van der Waals surface area contributed by atoms with Crippen molar-refractivity contribution in [3.05, 3.63) is 80.0 Å². The molecule has 1 atom stereocenters. The summed E-state index contributed by atoms with van der Waals surface area (Å²) >= 11 is 6.09. The van der Waals surface area contributed by atoms with Gasteiger partial charge in [-0.05, 0) is 56.9 Å². The predicted molar refractivity (Wildman–Crippen MR) is 174 cm³/mol. The minimum atomic E-state index is -4.66. The van der Waals surface area contributed by atoms with Crippen LogP contribution >= 0.6 is 11.6 Å². The van der Waals surface area contributed by atoms with Crippen LogP contribution in [0.2, 0.25) is 5.02 Å². The average molecular weight is 749 g/mol. The molecule has 2 aliphatic heterocycles. The lowest BCUT2D eigenvalue weighted by molar-refractivity contribution is -0.137. The summed E-state index contributed by atoms with van der Waals surface area (Å²) in [5, 5.41) is 17.0. The number of aryl methyl sites for hydroxylation is 1. The fourth-order valence-corrected chi connectivity index (χ4v) is 7.23. The first-order valence-electron chi connectivity index (χ1n) is 16.2. The monoisotopic (exact) mass is 748 g/mol. The number of aromatic hydroxyl groups is 1. The maximum absolute atomic E-state index is 14.3. The minimum absolute atomic E-state index is 0.0270. The Hall–Kier alpha value is -4.97. The summed E-state index contributed by atoms with van der Waals surface area (Å²) in [4.78, 5) is 55.0. The molecule has 4 aromatic rings. The van der Waals surface area contributed by atoms with E-state index >= 15 is 0 Å². The molecule has 1 spiro atoms. The van der Waals surface area contributed by atoms with Gasteiger partial charge >= 0.3 is 6.18 Å². The molecule has 0 unspecified atom stereocenters. The van der Waals surface area contributed by atoms with Crippen LogP contribution in [0.3, 0.4) is 0 Å². The Morgan fingerprint density at radius 1 is 1.15 bits per heavy atom. The van der Waals surface area contributed by atoms with Gasteiger partial charge in [0.1, 0.15) is 18.5 Å². The zero-order valence-electron chi connectivity index (χ0n) is 27.6. The topological polar surface area (TPSA) is 157 Å². The molecule has 2 N–H and O–H groups in total. The smallest absolute Gasteiger partial charge is 0.416 e. The second-order valence-electron chi connectivity index (χ2n) is 13.0. The number of amides is 2. The molecule has 5 heterocycles. The predicted octanol–water partition coefficient (Wildman–Crippen LogP) is 5.43. The number of carbonyl (C=O) groups is 2. The van der Waals surface area contributed by atoms with Gasteiger partial charge in [-0.1, -0.05) is 17.7 Å². The van der Waals surface area contributed by atoms with Crippen molar-refractivity contribution in [3.63, 3.8) is 0 Å². The van der Waals surface area contributed by atoms with Crippen LogP contribution < -0.4 is 10.9 Å². The number of rotatable bonds is 5. The van der Waals surface area contributed by atoms with E-state index in [1.165, 1.54) is 28.8 Å². The number of anilines is 1. The summed E-state index contributed by atoms with van der Waals surface area (Å²) in [6.07, 6.45) is -3.73. The highest BCUT2D eigenvalue weighted by Gasteiger charge is 2.51. The molecule has 1 fully saturated rings. The number of allylic oxidation sites excluding steroid dienone is 2. The van der Waals surface area contributed by atoms with Crippen molar-refractivity contribution in [2.75, 3.05) is 18.4 Å². The number of likely N-dealkylation sites (tertiary alicyclic amines) is 1. The van der Waals surface area contributed by atoms with Gasteiger partial charge in [0.15, 0.2) is 17.3 Å². The van der Waals surface area contributed by atoms with Gasteiger partial charge in [-0.25, -0.2) is 18.7 Å². The van der Waals surface area contributed by atoms with Crippen LogP contribution in [0, 0.1) is 6.92 Å². The molecular weight excluding hydrogens is 719 g/mol. The van der Waals surface area contributed by atoms with Gasteiger partial charge in [0.05, 0.1) is 39.3 Å². The van der Waals surface area contributed by atoms with Crippen LogP contribution in [0.4, 0.5) is 27.6 Å². The van der Waals surface area contributed by atoms with E-state index in [9.17, 15) is 41.4 Å². The summed E-state index contributed by atoms with van der Waals surface area (Å²) < 4.78 is 76.4. The molecule has 52 heavy (non-hydrogen) atoms. The number of hydrogen-bond acceptors (Lipinski definition) is 9. The molecule has 13 nitrogen and oxygen atoms in total. The van der Waals surface area contributed by atoms with Crippen molar-refractivity contribution in [1.29, 1.82) is 0 Å². The fourth-order valence-electron chi connectivity index (χ4n) is 7.00. The molecule has 7 rings (SSSR count). The number of piperidine rings is 1. The maximum atomic E-state index is 14.3. The number of halogens is 6. The molecule has 274 valence electrons. The van der Waals surface area contributed by atoms with Crippen molar-refractivity contribution < 1.29 is 41.4 Å². The van der Waals surface area contributed by atoms with Gasteiger partial charge in [-0.15, -0.1) is 5.10 Å². The van der Waals surface area contributed by atoms with Gasteiger partial charge in [0.2, 0.25) is 11.7 Å². The molecule has 19 heteroatoms. The normalized spacial score (nSPS) is 19.5. The van der Waals surface area contributed by atoms with E-state index < -0.39 is 66.1 Å². The van der Waals surface area contributed by atoms with Gasteiger partial charge in [0, 0.05) is 25.9 Å². The Kier molecular flexibility index (Phi) is 8.59. The first kappa shape index (κ1) is 35.4. The van der Waals surface area contributed by atoms with Crippen LogP contribution in [0.1, 0.15) is 84.0 Å². The molecule has 1 aliphatic carbocycles. The Morgan fingerprint density at radius 3 is 2.54 bits per heavy atom. The van der Waals surface area contributed by atoms with E-state index in [-0.39, 0.29) is 83.1 Å². The van der Waals surface area contributed by atoms with Crippen molar-refractivity contribution in [2.45, 2.75) is 76.3 Å². The van der Waals surface area contributed by atoms with Gasteiger partial charge in [-0.3, -0.25) is 14.4 Å². The number of alkyl halides is 5. The lowest BCUT2D eigenvalue weighted by atomic mass is 9.85. The Balaban J connectivity index is 1.27. The van der Waals surface area contributed by atoms with Gasteiger partial charge in [-0.2, -0.15) is 22.7 Å². The summed E-state index contributed by atoms with van der Waals surface area (Å²) in [5.74, 6) is -4.57. The van der Waals surface area contributed by atoms with E-state index in [1.807, 2.05) is 0 Å². The van der Waals surface area contributed by atoms with E-state index in [2.05, 4.69) is 25.4 Å². The third kappa shape index (κ3) is 6.16. The van der Waals surface area contributed by atoms with Crippen LogP contribution in [-0.4, -0.2) is 70.0 Å². The first-order chi connectivity index (χ1) is 24.5. The number of aromatic nitrogens is 6. The molecule has 0 saturated carbocycles. The van der Waals surface area contributed by atoms with Crippen LogP contribution in [0.15, 0.2) is 35.4 Å². The number of ether oxygens (including phenoxy) is 1. The van der Waals surface area contributed by atoms with E-state index in [4.69, 9.17) is 16.3 Å². The zero-order chi connectivity index (χ0) is 37.3. The summed E-state index contributed by atoms with van der Waals surface area (Å²) in [5.41, 5.74) is -2.03. The summed E-state index contributed by atoms with van der Waals surface area (Å²) in [6.45, 7) is 2.89. The summed E-state index contributed by atoms with van der Waals surface area (Å²) in [6, 6.07) is 2.48. The molecule has 3 aliphatic rings. The lowest BCUT2D eigenvalue weighted by Gasteiger charge is -2.39. The van der Waals surface area contributed by atoms with Crippen molar-refractivity contribution in [1.82, 2.24) is 34.0 Å². The second kappa shape index (κ2) is 12.6. The number of nitrogens with one attached hydrogen (secondary N) is 1. The number of benzene rings is 1. The molecular formula is C33H30ClF5N8O5. The van der Waals surface area contributed by atoms with Gasteiger partial charge < -0.3 is 24.6 Å². The minimum Gasteiger partial charge on any atom is -0.504 e. The second-order valence-corrected chi connectivity index (χ2v) is 13.4. The number of carbonyl (C=O) groups excluding carboxylic acids is 2. The van der Waals surface area contributed by atoms with Crippen molar-refractivity contribution in [3.8, 4) is 5.75 Å². The highest BCUT2D eigenvalue weighted by molar-refractivity contribution is 6.33. The average Bonchev–Trinajstić information content (AvgIpc) is 3.65. The highest BCUT2D eigenvalue weighted by atomic mass is 35.5. The third-order valence-corrected chi connectivity index (χ3v) is 9.97. The van der Waals surface area contributed by atoms with E-state index in [0.29, 0.717) is 11.6 Å². The zero-order valence-corrected chi connectivity index (χ0v) is 28.4. The SMILES string of the molecule is Cc1ncnc(C(=O)N2CCC3(CC2)O[C@H](C)c2c3c(=O)n3nc(C4=CCC(F)(F)CC4)nc3n2CC(=O)Nc2ccc(C(F)(F)F)cc2Cl)c1O. The largest absolute Gasteiger partial charge is 0.504 e. The number of nitrogens with zero attached hydrogens (tertiary/aromatic N) is 7. The molecule has 1 aromatic carbocycles. The quantitative estimate of drug-likeness (QED) is 0.254. The molecule has 2 amide bonds. The molecule has 3 aromatic heterocycles. The number of fused-ring (bicyclic) bond motifs is 3. The van der Waals surface area contributed by atoms with Crippen LogP contribution in [0.5, 0.6) is 5.75 Å². The number of hydrogen-bond donors (Lipinski definition) is 2. The third-order valence-electron chi connectivity index (χ3n) is 9.66. The van der Waals surface area contributed by atoms with E-state index in [0.717, 1.165) is 16.6 Å². The highest BCUT2D eigenvalue weighted by Crippen LogP contribution is 2.48. The standard InChI is InChI=1S/C33H30ClF5N8O5/c1-16-26(49)24(41-15-40-16)29(51)45-11-9-31(10-12-45)23-25(17(2)52-31)46(14-22(48)42-21-4-3-19(13-20(21)34)33(37,38)39)30-43-27(44-47(30)28(23)50)18-5-7-32(35,36)8-6-18/h3-5,13,15,17,49H,6-12,14H2,1-2H3,(H,42,48)/t17-/m1/s1. The van der Waals surface area contributed by atoms with E-state index in [1.54, 1.807) is 6.92 Å². The molecule has 0 bridgehead atoms. The van der Waals surface area contributed by atoms with Crippen LogP contribution in [0.25, 0.3) is 11.4 Å². The van der Waals surface area contributed by atoms with Crippen molar-refractivity contribution >= 4 is 40.5 Å². The fraction of sp³-hybridized carbons (Fsp3) is 0.424. The summed E-state index contributed by atoms with van der Waals surface area (Å²) in [7, 11) is 0.